The number of fused-ring (bicyclic) bond motifs is 3. The molecule has 0 saturated heterocycles. The maximum atomic E-state index is 12.2. The third-order valence-electron chi connectivity index (χ3n) is 3.95. The van der Waals surface area contributed by atoms with Crippen LogP contribution in [0.25, 0.3) is 21.9 Å². The number of H-pyrrole nitrogens is 1. The van der Waals surface area contributed by atoms with Crippen LogP contribution in [0.1, 0.15) is 5.56 Å². The summed E-state index contributed by atoms with van der Waals surface area (Å²) in [6.07, 6.45) is 1.54. The summed E-state index contributed by atoms with van der Waals surface area (Å²) in [6, 6.07) is 13.3. The summed E-state index contributed by atoms with van der Waals surface area (Å²) in [5, 5.41) is 5.24. The lowest BCUT2D eigenvalue weighted by Gasteiger charge is -2.05. The zero-order valence-electron chi connectivity index (χ0n) is 13.9. The van der Waals surface area contributed by atoms with Gasteiger partial charge in [-0.15, -0.1) is 0 Å². The number of aryl methyl sites for hydroxylation is 1. The molecule has 4 aromatic rings. The standard InChI is InChI=1S/C19H15ClN4OS/c1-11-5-6-15-14(7-11)17-18(24-15)19(22-10-21-17)26-9-16(25)23-13-4-2-3-12(20)8-13/h2-8,10,24H,9H2,1H3,(H,23,25). The molecule has 0 aliphatic rings. The molecular formula is C19H15ClN4OS. The fourth-order valence-corrected chi connectivity index (χ4v) is 3.73. The van der Waals surface area contributed by atoms with E-state index in [4.69, 9.17) is 11.6 Å². The molecule has 1 amide bonds. The number of rotatable bonds is 4. The highest BCUT2D eigenvalue weighted by molar-refractivity contribution is 8.00. The summed E-state index contributed by atoms with van der Waals surface area (Å²) in [4.78, 5) is 24.3. The number of carbonyl (C=O) groups is 1. The van der Waals surface area contributed by atoms with Crippen molar-refractivity contribution in [1.29, 1.82) is 0 Å². The van der Waals surface area contributed by atoms with Crippen LogP contribution in [-0.4, -0.2) is 26.6 Å². The zero-order chi connectivity index (χ0) is 18.1. The maximum Gasteiger partial charge on any atom is 0.234 e. The van der Waals surface area contributed by atoms with Crippen molar-refractivity contribution in [2.45, 2.75) is 11.9 Å². The zero-order valence-corrected chi connectivity index (χ0v) is 15.5. The van der Waals surface area contributed by atoms with Gasteiger partial charge in [-0.2, -0.15) is 0 Å². The van der Waals surface area contributed by atoms with E-state index in [0.29, 0.717) is 10.7 Å². The van der Waals surface area contributed by atoms with E-state index in [1.807, 2.05) is 6.07 Å². The molecule has 4 rings (SSSR count). The molecule has 130 valence electrons. The highest BCUT2D eigenvalue weighted by Gasteiger charge is 2.13. The highest BCUT2D eigenvalue weighted by Crippen LogP contribution is 2.30. The Kier molecular flexibility index (Phi) is 4.53. The number of aromatic amines is 1. The number of hydrogen-bond donors (Lipinski definition) is 2. The fourth-order valence-electron chi connectivity index (χ4n) is 2.79. The third kappa shape index (κ3) is 3.38. The van der Waals surface area contributed by atoms with E-state index in [1.165, 1.54) is 23.7 Å². The maximum absolute atomic E-state index is 12.2. The summed E-state index contributed by atoms with van der Waals surface area (Å²) in [5.41, 5.74) is 4.59. The lowest BCUT2D eigenvalue weighted by atomic mass is 10.2. The molecule has 26 heavy (non-hydrogen) atoms. The Morgan fingerprint density at radius 1 is 1.23 bits per heavy atom. The highest BCUT2D eigenvalue weighted by atomic mass is 35.5. The number of amides is 1. The van der Waals surface area contributed by atoms with Gasteiger partial charge in [-0.05, 0) is 37.3 Å². The molecule has 0 aliphatic heterocycles. The van der Waals surface area contributed by atoms with Gasteiger partial charge < -0.3 is 10.3 Å². The predicted molar refractivity (Wildman–Crippen MR) is 107 cm³/mol. The van der Waals surface area contributed by atoms with Gasteiger partial charge in [0.1, 0.15) is 16.9 Å². The second-order valence-electron chi connectivity index (χ2n) is 5.92. The molecule has 2 aromatic heterocycles. The monoisotopic (exact) mass is 382 g/mol. The Morgan fingerprint density at radius 2 is 2.12 bits per heavy atom. The van der Waals surface area contributed by atoms with Crippen molar-refractivity contribution < 1.29 is 4.79 Å². The minimum atomic E-state index is -0.115. The van der Waals surface area contributed by atoms with Crippen LogP contribution in [0.4, 0.5) is 5.69 Å². The van der Waals surface area contributed by atoms with Gasteiger partial charge in [-0.1, -0.05) is 41.1 Å². The number of thioether (sulfide) groups is 1. The second kappa shape index (κ2) is 6.97. The van der Waals surface area contributed by atoms with Crippen molar-refractivity contribution in [2.75, 3.05) is 11.1 Å². The lowest BCUT2D eigenvalue weighted by Crippen LogP contribution is -2.14. The largest absolute Gasteiger partial charge is 0.351 e. The summed E-state index contributed by atoms with van der Waals surface area (Å²) < 4.78 is 0. The van der Waals surface area contributed by atoms with Crippen LogP contribution in [0.2, 0.25) is 5.02 Å². The molecule has 0 spiro atoms. The van der Waals surface area contributed by atoms with Crippen LogP contribution >= 0.6 is 23.4 Å². The first-order chi connectivity index (χ1) is 12.6. The van der Waals surface area contributed by atoms with Crippen LogP contribution in [0.3, 0.4) is 0 Å². The number of benzene rings is 2. The Morgan fingerprint density at radius 3 is 2.96 bits per heavy atom. The van der Waals surface area contributed by atoms with Gasteiger partial charge in [0.2, 0.25) is 5.91 Å². The Bertz CT molecular complexity index is 1130. The topological polar surface area (TPSA) is 70.7 Å². The molecule has 0 saturated carbocycles. The van der Waals surface area contributed by atoms with E-state index in [2.05, 4.69) is 39.3 Å². The van der Waals surface area contributed by atoms with Gasteiger partial charge >= 0.3 is 0 Å². The molecule has 0 bridgehead atoms. The third-order valence-corrected chi connectivity index (χ3v) is 5.18. The minimum absolute atomic E-state index is 0.115. The predicted octanol–water partition coefficient (Wildman–Crippen LogP) is 4.80. The Balaban J connectivity index is 1.55. The van der Waals surface area contributed by atoms with Gasteiger partial charge in [-0.3, -0.25) is 4.79 Å². The molecule has 2 heterocycles. The SMILES string of the molecule is Cc1ccc2[nH]c3c(SCC(=O)Nc4cccc(Cl)c4)ncnc3c2c1. The number of nitrogens with one attached hydrogen (secondary N) is 2. The average Bonchev–Trinajstić information content (AvgIpc) is 2.98. The second-order valence-corrected chi connectivity index (χ2v) is 7.32. The molecule has 2 N–H and O–H groups in total. The molecule has 2 aromatic carbocycles. The van der Waals surface area contributed by atoms with E-state index in [0.717, 1.165) is 27.0 Å². The van der Waals surface area contributed by atoms with Gasteiger partial charge in [0.25, 0.3) is 0 Å². The lowest BCUT2D eigenvalue weighted by molar-refractivity contribution is -0.113. The minimum Gasteiger partial charge on any atom is -0.351 e. The van der Waals surface area contributed by atoms with Crippen LogP contribution in [0.15, 0.2) is 53.8 Å². The van der Waals surface area contributed by atoms with Crippen LogP contribution < -0.4 is 5.32 Å². The van der Waals surface area contributed by atoms with Crippen LogP contribution in [-0.2, 0) is 4.79 Å². The number of hydrogen-bond acceptors (Lipinski definition) is 4. The molecule has 0 atom stereocenters. The summed E-state index contributed by atoms with van der Waals surface area (Å²) >= 11 is 7.31. The number of carbonyl (C=O) groups excluding carboxylic acids is 1. The molecule has 5 nitrogen and oxygen atoms in total. The molecule has 0 radical (unpaired) electrons. The number of anilines is 1. The normalized spacial score (nSPS) is 11.2. The molecule has 0 unspecified atom stereocenters. The van der Waals surface area contributed by atoms with E-state index in [1.54, 1.807) is 24.3 Å². The number of halogens is 1. The van der Waals surface area contributed by atoms with Gasteiger partial charge in [0.15, 0.2) is 0 Å². The number of aromatic nitrogens is 3. The summed E-state index contributed by atoms with van der Waals surface area (Å²) in [5.74, 6) is 0.128. The molecular weight excluding hydrogens is 368 g/mol. The number of nitrogens with zero attached hydrogens (tertiary/aromatic N) is 2. The average molecular weight is 383 g/mol. The van der Waals surface area contributed by atoms with Gasteiger partial charge in [0, 0.05) is 21.6 Å². The van der Waals surface area contributed by atoms with Crippen molar-refractivity contribution in [2.24, 2.45) is 0 Å². The van der Waals surface area contributed by atoms with Crippen molar-refractivity contribution >= 4 is 56.9 Å². The Labute approximate surface area is 159 Å². The van der Waals surface area contributed by atoms with E-state index >= 15 is 0 Å². The molecule has 0 aliphatic carbocycles. The van der Waals surface area contributed by atoms with Gasteiger partial charge in [-0.25, -0.2) is 9.97 Å². The van der Waals surface area contributed by atoms with Crippen molar-refractivity contribution in [3.8, 4) is 0 Å². The first kappa shape index (κ1) is 16.9. The summed E-state index contributed by atoms with van der Waals surface area (Å²) in [6.45, 7) is 2.05. The van der Waals surface area contributed by atoms with Crippen molar-refractivity contribution in [1.82, 2.24) is 15.0 Å². The Hall–Kier alpha value is -2.57. The summed E-state index contributed by atoms with van der Waals surface area (Å²) in [7, 11) is 0. The first-order valence-corrected chi connectivity index (χ1v) is 9.38. The molecule has 0 fully saturated rings. The quantitative estimate of drug-likeness (QED) is 0.392. The van der Waals surface area contributed by atoms with E-state index in [9.17, 15) is 4.79 Å². The van der Waals surface area contributed by atoms with E-state index < -0.39 is 0 Å². The fraction of sp³-hybridized carbons (Fsp3) is 0.105. The van der Waals surface area contributed by atoms with Crippen molar-refractivity contribution in [3.63, 3.8) is 0 Å². The smallest absolute Gasteiger partial charge is 0.234 e. The van der Waals surface area contributed by atoms with E-state index in [-0.39, 0.29) is 11.7 Å². The van der Waals surface area contributed by atoms with Gasteiger partial charge in [0.05, 0.1) is 11.3 Å². The first-order valence-electron chi connectivity index (χ1n) is 8.01. The molecule has 7 heteroatoms. The van der Waals surface area contributed by atoms with Crippen molar-refractivity contribution in [3.05, 3.63) is 59.4 Å². The van der Waals surface area contributed by atoms with Crippen LogP contribution in [0, 0.1) is 6.92 Å². The van der Waals surface area contributed by atoms with Crippen LogP contribution in [0.5, 0.6) is 0 Å².